The molecule has 0 atom stereocenters. The third-order valence-electron chi connectivity index (χ3n) is 2.35. The summed E-state index contributed by atoms with van der Waals surface area (Å²) in [5, 5.41) is 9.73. The topological polar surface area (TPSA) is 79.9 Å². The number of nitrogens with one attached hydrogen (secondary N) is 2. The second kappa shape index (κ2) is 7.10. The van der Waals surface area contributed by atoms with Crippen LogP contribution in [0, 0.1) is 0 Å². The van der Waals surface area contributed by atoms with Gasteiger partial charge >= 0.3 is 6.01 Å². The third kappa shape index (κ3) is 4.47. The minimum atomic E-state index is -0.361. The zero-order chi connectivity index (χ0) is 15.2. The van der Waals surface area contributed by atoms with Gasteiger partial charge in [0.1, 0.15) is 0 Å². The molecule has 0 radical (unpaired) electrons. The second-order valence-corrected chi connectivity index (χ2v) is 4.71. The van der Waals surface area contributed by atoms with Crippen LogP contribution < -0.4 is 10.1 Å². The van der Waals surface area contributed by atoms with Gasteiger partial charge in [-0.2, -0.15) is 4.98 Å². The SMILES string of the molecule is CCOc1n[nH]c(NC(=O)/C=C/c2ccc(Cl)c(Cl)c2)n1. The Hall–Kier alpha value is -2.05. The maximum absolute atomic E-state index is 11.7. The number of ether oxygens (including phenoxy) is 1. The number of nitrogens with zero attached hydrogens (tertiary/aromatic N) is 2. The Balaban J connectivity index is 1.96. The number of rotatable bonds is 5. The predicted molar refractivity (Wildman–Crippen MR) is 81.7 cm³/mol. The summed E-state index contributed by atoms with van der Waals surface area (Å²) in [5.41, 5.74) is 0.757. The number of anilines is 1. The normalized spacial score (nSPS) is 10.8. The fraction of sp³-hybridized carbons (Fsp3) is 0.154. The second-order valence-electron chi connectivity index (χ2n) is 3.90. The van der Waals surface area contributed by atoms with Crippen molar-refractivity contribution in [2.24, 2.45) is 0 Å². The van der Waals surface area contributed by atoms with E-state index in [0.717, 1.165) is 5.56 Å². The Morgan fingerprint density at radius 3 is 2.95 bits per heavy atom. The minimum Gasteiger partial charge on any atom is -0.463 e. The van der Waals surface area contributed by atoms with Crippen LogP contribution in [-0.4, -0.2) is 27.7 Å². The molecule has 0 aliphatic heterocycles. The van der Waals surface area contributed by atoms with Crippen LogP contribution in [-0.2, 0) is 4.79 Å². The molecule has 0 fully saturated rings. The number of carbonyl (C=O) groups excluding carboxylic acids is 1. The number of benzene rings is 1. The van der Waals surface area contributed by atoms with Gasteiger partial charge in [0.15, 0.2) is 0 Å². The van der Waals surface area contributed by atoms with E-state index in [-0.39, 0.29) is 17.9 Å². The van der Waals surface area contributed by atoms with Crippen LogP contribution >= 0.6 is 23.2 Å². The molecule has 0 saturated heterocycles. The zero-order valence-electron chi connectivity index (χ0n) is 11.1. The molecule has 1 amide bonds. The van der Waals surface area contributed by atoms with Crippen molar-refractivity contribution in [2.45, 2.75) is 6.92 Å². The predicted octanol–water partition coefficient (Wildman–Crippen LogP) is 3.16. The van der Waals surface area contributed by atoms with Gasteiger partial charge in [-0.25, -0.2) is 5.10 Å². The van der Waals surface area contributed by atoms with Crippen molar-refractivity contribution in [3.63, 3.8) is 0 Å². The molecule has 6 nitrogen and oxygen atoms in total. The van der Waals surface area contributed by atoms with Gasteiger partial charge in [-0.15, -0.1) is 5.10 Å². The molecule has 1 aromatic heterocycles. The lowest BCUT2D eigenvalue weighted by molar-refractivity contribution is -0.111. The maximum atomic E-state index is 11.7. The van der Waals surface area contributed by atoms with Crippen molar-refractivity contribution in [1.82, 2.24) is 15.2 Å². The maximum Gasteiger partial charge on any atom is 0.337 e. The zero-order valence-corrected chi connectivity index (χ0v) is 12.6. The Kier molecular flexibility index (Phi) is 5.19. The highest BCUT2D eigenvalue weighted by Gasteiger charge is 2.05. The Morgan fingerprint density at radius 1 is 1.43 bits per heavy atom. The van der Waals surface area contributed by atoms with Crippen molar-refractivity contribution in [3.8, 4) is 6.01 Å². The first-order valence-electron chi connectivity index (χ1n) is 6.08. The highest BCUT2D eigenvalue weighted by Crippen LogP contribution is 2.23. The highest BCUT2D eigenvalue weighted by atomic mass is 35.5. The lowest BCUT2D eigenvalue weighted by Crippen LogP contribution is -2.09. The first-order chi connectivity index (χ1) is 10.1. The van der Waals surface area contributed by atoms with E-state index in [1.807, 2.05) is 6.92 Å². The van der Waals surface area contributed by atoms with E-state index in [0.29, 0.717) is 16.7 Å². The van der Waals surface area contributed by atoms with Gasteiger partial charge in [0.05, 0.1) is 16.7 Å². The summed E-state index contributed by atoms with van der Waals surface area (Å²) in [6.45, 7) is 2.26. The Morgan fingerprint density at radius 2 is 2.24 bits per heavy atom. The first kappa shape index (κ1) is 15.3. The number of hydrogen-bond donors (Lipinski definition) is 2. The van der Waals surface area contributed by atoms with Gasteiger partial charge in [0, 0.05) is 6.08 Å². The molecule has 1 heterocycles. The number of halogens is 2. The summed E-state index contributed by atoms with van der Waals surface area (Å²) in [6, 6.07) is 5.25. The van der Waals surface area contributed by atoms with Crippen LogP contribution in [0.4, 0.5) is 5.95 Å². The molecule has 2 rings (SSSR count). The molecule has 0 aliphatic rings. The van der Waals surface area contributed by atoms with E-state index in [2.05, 4.69) is 20.5 Å². The number of carbonyl (C=O) groups is 1. The average molecular weight is 327 g/mol. The van der Waals surface area contributed by atoms with Crippen LogP contribution in [0.2, 0.25) is 10.0 Å². The lowest BCUT2D eigenvalue weighted by atomic mass is 10.2. The summed E-state index contributed by atoms with van der Waals surface area (Å²) in [6.07, 6.45) is 2.96. The van der Waals surface area contributed by atoms with Crippen molar-refractivity contribution >= 4 is 41.1 Å². The van der Waals surface area contributed by atoms with Crippen molar-refractivity contribution in [2.75, 3.05) is 11.9 Å². The smallest absolute Gasteiger partial charge is 0.337 e. The average Bonchev–Trinajstić information content (AvgIpc) is 2.88. The summed E-state index contributed by atoms with van der Waals surface area (Å²) < 4.78 is 5.07. The molecule has 21 heavy (non-hydrogen) atoms. The van der Waals surface area contributed by atoms with Crippen LogP contribution in [0.3, 0.4) is 0 Å². The van der Waals surface area contributed by atoms with Crippen LogP contribution in [0.1, 0.15) is 12.5 Å². The molecule has 8 heteroatoms. The van der Waals surface area contributed by atoms with E-state index < -0.39 is 0 Å². The molecular formula is C13H12Cl2N4O2. The van der Waals surface area contributed by atoms with Gasteiger partial charge in [0.25, 0.3) is 5.91 Å². The van der Waals surface area contributed by atoms with Crippen LogP contribution in [0.5, 0.6) is 6.01 Å². The number of hydrogen-bond acceptors (Lipinski definition) is 4. The standard InChI is InChI=1S/C13H12Cl2N4O2/c1-2-21-13-17-12(18-19-13)16-11(20)6-4-8-3-5-9(14)10(15)7-8/h3-7H,2H2,1H3,(H2,16,17,18,19,20)/b6-4+. The van der Waals surface area contributed by atoms with Crippen molar-refractivity contribution in [3.05, 3.63) is 39.9 Å². The lowest BCUT2D eigenvalue weighted by Gasteiger charge is -1.98. The van der Waals surface area contributed by atoms with E-state index >= 15 is 0 Å². The molecule has 1 aromatic carbocycles. The fourth-order valence-corrected chi connectivity index (χ4v) is 1.75. The van der Waals surface area contributed by atoms with Gasteiger partial charge in [0.2, 0.25) is 5.95 Å². The summed E-state index contributed by atoms with van der Waals surface area (Å²) >= 11 is 11.7. The van der Waals surface area contributed by atoms with Gasteiger partial charge in [-0.1, -0.05) is 29.3 Å². The summed E-state index contributed by atoms with van der Waals surface area (Å²) in [7, 11) is 0. The molecule has 2 N–H and O–H groups in total. The molecule has 0 saturated carbocycles. The monoisotopic (exact) mass is 326 g/mol. The Bertz CT molecular complexity index is 670. The van der Waals surface area contributed by atoms with Crippen molar-refractivity contribution < 1.29 is 9.53 Å². The van der Waals surface area contributed by atoms with Crippen LogP contribution in [0.25, 0.3) is 6.08 Å². The molecular weight excluding hydrogens is 315 g/mol. The van der Waals surface area contributed by atoms with Gasteiger partial charge in [-0.3, -0.25) is 10.1 Å². The number of amides is 1. The van der Waals surface area contributed by atoms with E-state index in [1.165, 1.54) is 6.08 Å². The molecule has 0 bridgehead atoms. The number of aromatic amines is 1. The quantitative estimate of drug-likeness (QED) is 0.827. The Labute approximate surface area is 131 Å². The van der Waals surface area contributed by atoms with E-state index in [9.17, 15) is 4.79 Å². The molecule has 2 aromatic rings. The minimum absolute atomic E-state index is 0.182. The largest absolute Gasteiger partial charge is 0.463 e. The summed E-state index contributed by atoms with van der Waals surface area (Å²) in [4.78, 5) is 15.6. The highest BCUT2D eigenvalue weighted by molar-refractivity contribution is 6.42. The van der Waals surface area contributed by atoms with Crippen LogP contribution in [0.15, 0.2) is 24.3 Å². The first-order valence-corrected chi connectivity index (χ1v) is 6.83. The van der Waals surface area contributed by atoms with Crippen molar-refractivity contribution in [1.29, 1.82) is 0 Å². The van der Waals surface area contributed by atoms with Gasteiger partial charge < -0.3 is 4.74 Å². The molecule has 110 valence electrons. The van der Waals surface area contributed by atoms with E-state index in [4.69, 9.17) is 27.9 Å². The summed E-state index contributed by atoms with van der Waals surface area (Å²) in [5.74, 6) is -0.150. The number of aromatic nitrogens is 3. The number of H-pyrrole nitrogens is 1. The molecule has 0 unspecified atom stereocenters. The molecule has 0 aliphatic carbocycles. The van der Waals surface area contributed by atoms with E-state index in [1.54, 1.807) is 24.3 Å². The fourth-order valence-electron chi connectivity index (χ4n) is 1.44. The third-order valence-corrected chi connectivity index (χ3v) is 3.09. The molecule has 0 spiro atoms. The van der Waals surface area contributed by atoms with Gasteiger partial charge in [-0.05, 0) is 30.7 Å².